The maximum absolute atomic E-state index is 11.9. The average Bonchev–Trinajstić information content (AvgIpc) is 3.14. The number of hydrogen-bond donors (Lipinski definition) is 3. The standard InChI is InChI=1S/C19H30N4O/c1-20-19(22-13-7-10-16-8-5-6-9-16)23-15-14-21-18(24)17-11-3-2-4-12-17/h2-4,11-12,16H,5-10,13-15H2,1H3,(H,21,24)(H2,20,22,23). The fourth-order valence-electron chi connectivity index (χ4n) is 3.17. The Labute approximate surface area is 145 Å². The maximum Gasteiger partial charge on any atom is 0.251 e. The molecule has 5 nitrogen and oxygen atoms in total. The van der Waals surface area contributed by atoms with Crippen LogP contribution in [0, 0.1) is 5.92 Å². The predicted octanol–water partition coefficient (Wildman–Crippen LogP) is 2.55. The summed E-state index contributed by atoms with van der Waals surface area (Å²) in [6, 6.07) is 9.26. The molecule has 0 aliphatic heterocycles. The van der Waals surface area contributed by atoms with Crippen LogP contribution in [-0.4, -0.2) is 38.5 Å². The van der Waals surface area contributed by atoms with E-state index in [0.717, 1.165) is 18.4 Å². The molecule has 0 radical (unpaired) electrons. The first-order valence-electron chi connectivity index (χ1n) is 9.07. The first-order chi connectivity index (χ1) is 11.8. The lowest BCUT2D eigenvalue weighted by Crippen LogP contribution is -2.41. The van der Waals surface area contributed by atoms with Crippen molar-refractivity contribution in [3.05, 3.63) is 35.9 Å². The number of benzene rings is 1. The van der Waals surface area contributed by atoms with E-state index in [4.69, 9.17) is 0 Å². The summed E-state index contributed by atoms with van der Waals surface area (Å²) >= 11 is 0. The molecule has 132 valence electrons. The van der Waals surface area contributed by atoms with Crippen molar-refractivity contribution in [1.82, 2.24) is 16.0 Å². The molecule has 1 aliphatic rings. The van der Waals surface area contributed by atoms with Crippen LogP contribution in [0.15, 0.2) is 35.3 Å². The highest BCUT2D eigenvalue weighted by Crippen LogP contribution is 2.28. The predicted molar refractivity (Wildman–Crippen MR) is 99.3 cm³/mol. The van der Waals surface area contributed by atoms with Crippen molar-refractivity contribution in [2.45, 2.75) is 38.5 Å². The van der Waals surface area contributed by atoms with Crippen molar-refractivity contribution in [1.29, 1.82) is 0 Å². The molecule has 1 fully saturated rings. The van der Waals surface area contributed by atoms with Crippen LogP contribution in [0.4, 0.5) is 0 Å². The Morgan fingerprint density at radius 1 is 1.04 bits per heavy atom. The normalized spacial score (nSPS) is 15.3. The average molecular weight is 330 g/mol. The van der Waals surface area contributed by atoms with E-state index < -0.39 is 0 Å². The summed E-state index contributed by atoms with van der Waals surface area (Å²) in [6.07, 6.45) is 8.15. The second kappa shape index (κ2) is 10.7. The van der Waals surface area contributed by atoms with Gasteiger partial charge in [-0.25, -0.2) is 0 Å². The molecule has 0 saturated heterocycles. The number of rotatable bonds is 8. The monoisotopic (exact) mass is 330 g/mol. The van der Waals surface area contributed by atoms with E-state index in [0.29, 0.717) is 18.7 Å². The van der Waals surface area contributed by atoms with E-state index in [1.54, 1.807) is 7.05 Å². The van der Waals surface area contributed by atoms with Gasteiger partial charge in [0.15, 0.2) is 5.96 Å². The van der Waals surface area contributed by atoms with Crippen molar-refractivity contribution >= 4 is 11.9 Å². The summed E-state index contributed by atoms with van der Waals surface area (Å²) in [5.41, 5.74) is 0.687. The number of nitrogens with zero attached hydrogens (tertiary/aromatic N) is 1. The number of hydrogen-bond acceptors (Lipinski definition) is 2. The number of aliphatic imine (C=N–C) groups is 1. The summed E-state index contributed by atoms with van der Waals surface area (Å²) in [4.78, 5) is 16.1. The molecule has 1 amide bonds. The van der Waals surface area contributed by atoms with Crippen LogP contribution in [0.1, 0.15) is 48.9 Å². The van der Waals surface area contributed by atoms with Crippen molar-refractivity contribution < 1.29 is 4.79 Å². The fourth-order valence-corrected chi connectivity index (χ4v) is 3.17. The van der Waals surface area contributed by atoms with Gasteiger partial charge in [0.05, 0.1) is 0 Å². The second-order valence-corrected chi connectivity index (χ2v) is 6.34. The lowest BCUT2D eigenvalue weighted by atomic mass is 10.0. The van der Waals surface area contributed by atoms with Crippen molar-refractivity contribution in [2.24, 2.45) is 10.9 Å². The first kappa shape index (κ1) is 18.3. The molecule has 2 rings (SSSR count). The van der Waals surface area contributed by atoms with Gasteiger partial charge in [-0.3, -0.25) is 9.79 Å². The highest BCUT2D eigenvalue weighted by Gasteiger charge is 2.13. The summed E-state index contributed by atoms with van der Waals surface area (Å²) in [5.74, 6) is 1.70. The van der Waals surface area contributed by atoms with Crippen LogP contribution in [0.2, 0.25) is 0 Å². The van der Waals surface area contributed by atoms with Crippen molar-refractivity contribution in [3.8, 4) is 0 Å². The third-order valence-corrected chi connectivity index (χ3v) is 4.52. The Morgan fingerprint density at radius 3 is 2.42 bits per heavy atom. The molecular weight excluding hydrogens is 300 g/mol. The molecule has 0 spiro atoms. The third kappa shape index (κ3) is 6.60. The molecular formula is C19H30N4O. The zero-order valence-corrected chi connectivity index (χ0v) is 14.7. The molecule has 0 aromatic heterocycles. The first-order valence-corrected chi connectivity index (χ1v) is 9.07. The Kier molecular flexibility index (Phi) is 8.15. The fraction of sp³-hybridized carbons (Fsp3) is 0.579. The molecule has 1 aromatic rings. The molecule has 0 unspecified atom stereocenters. The molecule has 24 heavy (non-hydrogen) atoms. The molecule has 0 heterocycles. The molecule has 1 aliphatic carbocycles. The summed E-state index contributed by atoms with van der Waals surface area (Å²) in [5, 5.41) is 9.47. The second-order valence-electron chi connectivity index (χ2n) is 6.34. The smallest absolute Gasteiger partial charge is 0.251 e. The lowest BCUT2D eigenvalue weighted by Gasteiger charge is -2.13. The quantitative estimate of drug-likeness (QED) is 0.390. The van der Waals surface area contributed by atoms with Gasteiger partial charge in [0.25, 0.3) is 5.91 Å². The number of carbonyl (C=O) groups excluding carboxylic acids is 1. The van der Waals surface area contributed by atoms with Crippen molar-refractivity contribution in [2.75, 3.05) is 26.7 Å². The number of nitrogens with one attached hydrogen (secondary N) is 3. The summed E-state index contributed by atoms with van der Waals surface area (Å²) < 4.78 is 0. The maximum atomic E-state index is 11.9. The molecule has 1 aromatic carbocycles. The van der Waals surface area contributed by atoms with Crippen LogP contribution in [0.3, 0.4) is 0 Å². The number of guanidine groups is 1. The van der Waals surface area contributed by atoms with E-state index in [1.165, 1.54) is 38.5 Å². The Bertz CT molecular complexity index is 509. The van der Waals surface area contributed by atoms with Crippen LogP contribution < -0.4 is 16.0 Å². The van der Waals surface area contributed by atoms with Crippen molar-refractivity contribution in [3.63, 3.8) is 0 Å². The molecule has 1 saturated carbocycles. The van der Waals surface area contributed by atoms with Crippen LogP contribution in [0.5, 0.6) is 0 Å². The van der Waals surface area contributed by atoms with Gasteiger partial charge in [-0.15, -0.1) is 0 Å². The summed E-state index contributed by atoms with van der Waals surface area (Å²) in [7, 11) is 1.77. The van der Waals surface area contributed by atoms with Gasteiger partial charge in [0.1, 0.15) is 0 Å². The largest absolute Gasteiger partial charge is 0.356 e. The highest BCUT2D eigenvalue weighted by molar-refractivity contribution is 5.94. The minimum Gasteiger partial charge on any atom is -0.356 e. The van der Waals surface area contributed by atoms with Gasteiger partial charge in [-0.1, -0.05) is 43.9 Å². The Hall–Kier alpha value is -2.04. The third-order valence-electron chi connectivity index (χ3n) is 4.52. The Balaban J connectivity index is 1.54. The van der Waals surface area contributed by atoms with Crippen LogP contribution in [-0.2, 0) is 0 Å². The highest BCUT2D eigenvalue weighted by atomic mass is 16.1. The zero-order valence-electron chi connectivity index (χ0n) is 14.7. The molecule has 0 atom stereocenters. The molecule has 0 bridgehead atoms. The van der Waals surface area contributed by atoms with Crippen LogP contribution in [0.25, 0.3) is 0 Å². The summed E-state index contributed by atoms with van der Waals surface area (Å²) in [6.45, 7) is 2.17. The van der Waals surface area contributed by atoms with E-state index in [1.807, 2.05) is 30.3 Å². The van der Waals surface area contributed by atoms with E-state index >= 15 is 0 Å². The minimum atomic E-state index is -0.0445. The number of amides is 1. The minimum absolute atomic E-state index is 0.0445. The number of carbonyl (C=O) groups is 1. The van der Waals surface area contributed by atoms with E-state index in [9.17, 15) is 4.79 Å². The SMILES string of the molecule is CN=C(NCCCC1CCCC1)NCCNC(=O)c1ccccc1. The van der Waals surface area contributed by atoms with Gasteiger partial charge >= 0.3 is 0 Å². The topological polar surface area (TPSA) is 65.5 Å². The van der Waals surface area contributed by atoms with E-state index in [2.05, 4.69) is 20.9 Å². The van der Waals surface area contributed by atoms with Gasteiger partial charge in [-0.05, 0) is 30.9 Å². The van der Waals surface area contributed by atoms with Gasteiger partial charge < -0.3 is 16.0 Å². The van der Waals surface area contributed by atoms with Gasteiger partial charge in [0, 0.05) is 32.2 Å². The van der Waals surface area contributed by atoms with E-state index in [-0.39, 0.29) is 5.91 Å². The Morgan fingerprint density at radius 2 is 1.71 bits per heavy atom. The molecule has 3 N–H and O–H groups in total. The molecule has 5 heteroatoms. The van der Waals surface area contributed by atoms with Crippen LogP contribution >= 0.6 is 0 Å². The lowest BCUT2D eigenvalue weighted by molar-refractivity contribution is 0.0954. The van der Waals surface area contributed by atoms with Gasteiger partial charge in [0.2, 0.25) is 0 Å². The van der Waals surface area contributed by atoms with Gasteiger partial charge in [-0.2, -0.15) is 0 Å². The zero-order chi connectivity index (χ0) is 17.0.